The number of H-pyrrole nitrogens is 1. The average Bonchev–Trinajstić information content (AvgIpc) is 3.68. The van der Waals surface area contributed by atoms with E-state index in [1.807, 2.05) is 30.9 Å². The number of hydrogen-bond acceptors (Lipinski definition) is 8. The molecule has 2 fully saturated rings. The zero-order chi connectivity index (χ0) is 28.6. The maximum Gasteiger partial charge on any atom is 0.231 e. The van der Waals surface area contributed by atoms with Gasteiger partial charge < -0.3 is 29.8 Å². The summed E-state index contributed by atoms with van der Waals surface area (Å²) < 4.78 is 2.07. The van der Waals surface area contributed by atoms with Crippen LogP contribution in [0, 0.1) is 0 Å². The molecule has 7 rings (SSSR count). The van der Waals surface area contributed by atoms with Gasteiger partial charge >= 0.3 is 0 Å². The molecule has 5 aromatic rings. The van der Waals surface area contributed by atoms with E-state index in [1.165, 1.54) is 50.0 Å². The molecule has 42 heavy (non-hydrogen) atoms. The van der Waals surface area contributed by atoms with E-state index in [-0.39, 0.29) is 0 Å². The Morgan fingerprint density at radius 2 is 1.67 bits per heavy atom. The number of benzene rings is 1. The molecule has 2 aliphatic rings. The molecule has 3 N–H and O–H groups in total. The molecule has 0 aliphatic carbocycles. The highest BCUT2D eigenvalue weighted by atomic mass is 31.1. The van der Waals surface area contributed by atoms with Crippen LogP contribution in [0.3, 0.4) is 0 Å². The minimum atomic E-state index is -0.403. The van der Waals surface area contributed by atoms with Crippen LogP contribution in [-0.2, 0) is 0 Å². The first-order valence-corrected chi connectivity index (χ1v) is 17.1. The van der Waals surface area contributed by atoms with Gasteiger partial charge in [-0.3, -0.25) is 4.90 Å². The first-order chi connectivity index (χ1) is 20.5. The van der Waals surface area contributed by atoms with Crippen molar-refractivity contribution < 1.29 is 0 Å². The lowest BCUT2D eigenvalue weighted by molar-refractivity contribution is 0.0982. The standard InChI is InChI=1S/C31H39N10P/c1-38-18-20-40(21-19-38)24-9-14-39(15-10-24)23-6-4-22(5-7-23)34-31-36-28-25(8-12-32-28)29(37-31)35-26-11-16-41-17-13-33-30(41)27(26)42(2)3/h4-8,11-13,16-17,24H,9-10,14-15,18-21H2,1-3H3,(H3,32,34,35,36,37). The maximum atomic E-state index is 4.91. The molecule has 0 radical (unpaired) electrons. The molecule has 0 atom stereocenters. The summed E-state index contributed by atoms with van der Waals surface area (Å²) in [6.45, 7) is 11.5. The number of nitrogens with one attached hydrogen (secondary N) is 3. The lowest BCUT2D eigenvalue weighted by Gasteiger charge is -2.42. The van der Waals surface area contributed by atoms with E-state index in [0.717, 1.165) is 53.0 Å². The molecule has 2 aliphatic heterocycles. The molecule has 0 saturated carbocycles. The van der Waals surface area contributed by atoms with Gasteiger partial charge in [0.1, 0.15) is 17.1 Å². The predicted octanol–water partition coefficient (Wildman–Crippen LogP) is 4.68. The number of piperazine rings is 1. The van der Waals surface area contributed by atoms with Crippen molar-refractivity contribution >= 4 is 58.7 Å². The normalized spacial score (nSPS) is 17.5. The Hall–Kier alpha value is -3.72. The minimum absolute atomic E-state index is 0.403. The van der Waals surface area contributed by atoms with Gasteiger partial charge in [-0.05, 0) is 69.6 Å². The molecule has 218 valence electrons. The molecule has 11 heteroatoms. The van der Waals surface area contributed by atoms with Gasteiger partial charge in [0.25, 0.3) is 0 Å². The molecule has 0 amide bonds. The first kappa shape index (κ1) is 27.1. The summed E-state index contributed by atoms with van der Waals surface area (Å²) >= 11 is 0. The highest BCUT2D eigenvalue weighted by Crippen LogP contribution is 2.33. The smallest absolute Gasteiger partial charge is 0.231 e. The molecule has 4 aromatic heterocycles. The monoisotopic (exact) mass is 582 g/mol. The number of piperidine rings is 1. The largest absolute Gasteiger partial charge is 0.371 e. The summed E-state index contributed by atoms with van der Waals surface area (Å²) in [5, 5.41) is 9.21. The van der Waals surface area contributed by atoms with Crippen molar-refractivity contribution in [3.8, 4) is 0 Å². The summed E-state index contributed by atoms with van der Waals surface area (Å²) in [4.78, 5) is 25.2. The summed E-state index contributed by atoms with van der Waals surface area (Å²) in [5.41, 5.74) is 5.04. The van der Waals surface area contributed by atoms with E-state index in [2.05, 4.69) is 90.4 Å². The molecule has 1 aromatic carbocycles. The van der Waals surface area contributed by atoms with Crippen molar-refractivity contribution in [2.24, 2.45) is 0 Å². The van der Waals surface area contributed by atoms with Gasteiger partial charge in [-0.15, -0.1) is 0 Å². The third-order valence-corrected chi connectivity index (χ3v) is 10.00. The van der Waals surface area contributed by atoms with Crippen molar-refractivity contribution in [3.63, 3.8) is 0 Å². The topological polar surface area (TPSA) is 92.6 Å². The maximum absolute atomic E-state index is 4.91. The van der Waals surface area contributed by atoms with Crippen LogP contribution in [0.1, 0.15) is 12.8 Å². The number of aromatic amines is 1. The second-order valence-electron chi connectivity index (χ2n) is 11.6. The number of aromatic nitrogens is 5. The van der Waals surface area contributed by atoms with Gasteiger partial charge in [0.2, 0.25) is 5.95 Å². The van der Waals surface area contributed by atoms with Crippen LogP contribution in [0.2, 0.25) is 0 Å². The van der Waals surface area contributed by atoms with E-state index in [4.69, 9.17) is 9.97 Å². The SMILES string of the molecule is CN1CCN(C2CCN(c3ccc(Nc4nc(Nc5ccn6ccnc6c5P(C)C)c5cc[nH]c5n4)cc3)CC2)CC1. The summed E-state index contributed by atoms with van der Waals surface area (Å²) in [7, 11) is 1.82. The number of hydrogen-bond donors (Lipinski definition) is 3. The van der Waals surface area contributed by atoms with E-state index >= 15 is 0 Å². The van der Waals surface area contributed by atoms with Crippen LogP contribution >= 0.6 is 7.92 Å². The van der Waals surface area contributed by atoms with Gasteiger partial charge in [0.05, 0.1) is 11.1 Å². The Bertz CT molecular complexity index is 1660. The summed E-state index contributed by atoms with van der Waals surface area (Å²) in [6.07, 6.45) is 10.2. The molecule has 10 nitrogen and oxygen atoms in total. The van der Waals surface area contributed by atoms with E-state index < -0.39 is 7.92 Å². The van der Waals surface area contributed by atoms with Gasteiger partial charge in [0, 0.05) is 86.8 Å². The second-order valence-corrected chi connectivity index (χ2v) is 13.9. The molecular weight excluding hydrogens is 543 g/mol. The minimum Gasteiger partial charge on any atom is -0.371 e. The zero-order valence-corrected chi connectivity index (χ0v) is 25.5. The fourth-order valence-corrected chi connectivity index (χ4v) is 7.48. The number of rotatable bonds is 7. The Balaban J connectivity index is 1.06. The van der Waals surface area contributed by atoms with Crippen LogP contribution in [-0.4, -0.2) is 99.8 Å². The molecule has 0 spiro atoms. The van der Waals surface area contributed by atoms with Crippen molar-refractivity contribution in [1.29, 1.82) is 0 Å². The van der Waals surface area contributed by atoms with Crippen LogP contribution in [0.25, 0.3) is 16.7 Å². The highest BCUT2D eigenvalue weighted by Gasteiger charge is 2.26. The van der Waals surface area contributed by atoms with Crippen LogP contribution in [0.15, 0.2) is 61.2 Å². The summed E-state index contributed by atoms with van der Waals surface area (Å²) in [5.74, 6) is 1.31. The number of likely N-dealkylation sites (N-methyl/N-ethyl adjacent to an activating group) is 1. The lowest BCUT2D eigenvalue weighted by Crippen LogP contribution is -2.52. The van der Waals surface area contributed by atoms with Crippen molar-refractivity contribution in [2.45, 2.75) is 18.9 Å². The Labute approximate surface area is 247 Å². The molecule has 0 unspecified atom stereocenters. The fraction of sp³-hybridized carbons (Fsp3) is 0.387. The van der Waals surface area contributed by atoms with Crippen LogP contribution in [0.5, 0.6) is 0 Å². The first-order valence-electron chi connectivity index (χ1n) is 14.8. The second kappa shape index (κ2) is 11.5. The number of fused-ring (bicyclic) bond motifs is 2. The third-order valence-electron chi connectivity index (χ3n) is 8.66. The molecule has 0 bridgehead atoms. The number of imidazole rings is 1. The molecular formula is C31H39N10P. The van der Waals surface area contributed by atoms with Crippen molar-refractivity contribution in [2.75, 3.05) is 75.2 Å². The third kappa shape index (κ3) is 5.42. The van der Waals surface area contributed by atoms with E-state index in [9.17, 15) is 0 Å². The molecule has 2 saturated heterocycles. The Kier molecular flexibility index (Phi) is 7.44. The number of nitrogens with zero attached hydrogens (tertiary/aromatic N) is 7. The quantitative estimate of drug-likeness (QED) is 0.239. The zero-order valence-electron chi connectivity index (χ0n) is 24.6. The van der Waals surface area contributed by atoms with Crippen molar-refractivity contribution in [3.05, 3.63) is 61.2 Å². The van der Waals surface area contributed by atoms with Crippen molar-refractivity contribution in [1.82, 2.24) is 34.1 Å². The predicted molar refractivity (Wildman–Crippen MR) is 175 cm³/mol. The van der Waals surface area contributed by atoms with E-state index in [1.54, 1.807) is 0 Å². The number of pyridine rings is 1. The van der Waals surface area contributed by atoms with Gasteiger partial charge in [-0.2, -0.15) is 9.97 Å². The highest BCUT2D eigenvalue weighted by molar-refractivity contribution is 7.65. The average molecular weight is 583 g/mol. The van der Waals surface area contributed by atoms with E-state index in [0.29, 0.717) is 5.95 Å². The molecule has 6 heterocycles. The Morgan fingerprint density at radius 1 is 0.881 bits per heavy atom. The van der Waals surface area contributed by atoms with Gasteiger partial charge in [-0.1, -0.05) is 7.92 Å². The lowest BCUT2D eigenvalue weighted by atomic mass is 10.0. The summed E-state index contributed by atoms with van der Waals surface area (Å²) in [6, 6.07) is 13.5. The fourth-order valence-electron chi connectivity index (χ4n) is 6.29. The number of anilines is 5. The van der Waals surface area contributed by atoms with Crippen LogP contribution < -0.4 is 20.8 Å². The van der Waals surface area contributed by atoms with Gasteiger partial charge in [0.15, 0.2) is 0 Å². The Morgan fingerprint density at radius 3 is 2.43 bits per heavy atom. The van der Waals surface area contributed by atoms with Gasteiger partial charge in [-0.25, -0.2) is 4.98 Å². The van der Waals surface area contributed by atoms with Crippen LogP contribution in [0.4, 0.5) is 28.8 Å².